The van der Waals surface area contributed by atoms with E-state index in [1.165, 1.54) is 0 Å². The van der Waals surface area contributed by atoms with Gasteiger partial charge in [0.2, 0.25) is 0 Å². The van der Waals surface area contributed by atoms with E-state index < -0.39 is 6.10 Å². The van der Waals surface area contributed by atoms with Gasteiger partial charge in [-0.2, -0.15) is 0 Å². The maximum Gasteiger partial charge on any atom is 0.139 e. The van der Waals surface area contributed by atoms with Crippen LogP contribution < -0.4 is 0 Å². The second-order valence-corrected chi connectivity index (χ2v) is 3.49. The summed E-state index contributed by atoms with van der Waals surface area (Å²) in [7, 11) is 0. The van der Waals surface area contributed by atoms with Crippen molar-refractivity contribution in [2.45, 2.75) is 26.4 Å². The molecule has 0 spiro atoms. The van der Waals surface area contributed by atoms with Crippen molar-refractivity contribution in [1.82, 2.24) is 9.38 Å². The maximum atomic E-state index is 9.75. The van der Waals surface area contributed by atoms with Crippen molar-refractivity contribution in [3.63, 3.8) is 0 Å². The summed E-state index contributed by atoms with van der Waals surface area (Å²) in [5.41, 5.74) is 2.92. The molecule has 0 aliphatic rings. The standard InChI is InChI=1S/C11H14N2O/c1-3-10(14)9-7-12-11-8(2)5-4-6-13(9)11/h4-7,10,14H,3H2,1-2H3/t10-/m0/s1. The van der Waals surface area contributed by atoms with Gasteiger partial charge >= 0.3 is 0 Å². The van der Waals surface area contributed by atoms with Crippen LogP contribution in [-0.4, -0.2) is 14.5 Å². The van der Waals surface area contributed by atoms with Gasteiger partial charge in [0.15, 0.2) is 0 Å². The van der Waals surface area contributed by atoms with E-state index in [4.69, 9.17) is 0 Å². The van der Waals surface area contributed by atoms with Crippen LogP contribution in [0.4, 0.5) is 0 Å². The van der Waals surface area contributed by atoms with E-state index >= 15 is 0 Å². The Morgan fingerprint density at radius 2 is 2.36 bits per heavy atom. The van der Waals surface area contributed by atoms with E-state index in [-0.39, 0.29) is 0 Å². The van der Waals surface area contributed by atoms with E-state index in [0.717, 1.165) is 16.9 Å². The summed E-state index contributed by atoms with van der Waals surface area (Å²) in [5, 5.41) is 9.75. The van der Waals surface area contributed by atoms with Crippen molar-refractivity contribution >= 4 is 5.65 Å². The lowest BCUT2D eigenvalue weighted by molar-refractivity contribution is 0.168. The Morgan fingerprint density at radius 1 is 1.57 bits per heavy atom. The van der Waals surface area contributed by atoms with Gasteiger partial charge in [-0.1, -0.05) is 13.0 Å². The Hall–Kier alpha value is -1.35. The predicted molar refractivity (Wildman–Crippen MR) is 55.2 cm³/mol. The van der Waals surface area contributed by atoms with Crippen LogP contribution in [0.15, 0.2) is 24.5 Å². The fourth-order valence-electron chi connectivity index (χ4n) is 1.63. The molecule has 2 heterocycles. The minimum absolute atomic E-state index is 0.424. The molecule has 0 aliphatic carbocycles. The van der Waals surface area contributed by atoms with E-state index in [1.54, 1.807) is 6.20 Å². The Balaban J connectivity index is 2.63. The molecule has 0 amide bonds. The van der Waals surface area contributed by atoms with Crippen molar-refractivity contribution in [3.05, 3.63) is 35.8 Å². The highest BCUT2D eigenvalue weighted by Crippen LogP contribution is 2.19. The molecule has 0 bridgehead atoms. The van der Waals surface area contributed by atoms with Crippen LogP contribution in [0.1, 0.15) is 30.7 Å². The van der Waals surface area contributed by atoms with Crippen molar-refractivity contribution in [1.29, 1.82) is 0 Å². The second-order valence-electron chi connectivity index (χ2n) is 3.49. The fraction of sp³-hybridized carbons (Fsp3) is 0.364. The first kappa shape index (κ1) is 9.21. The molecule has 3 nitrogen and oxygen atoms in total. The number of hydrogen-bond acceptors (Lipinski definition) is 2. The van der Waals surface area contributed by atoms with Gasteiger partial charge in [0.1, 0.15) is 5.65 Å². The van der Waals surface area contributed by atoms with Crippen molar-refractivity contribution < 1.29 is 5.11 Å². The number of aliphatic hydroxyl groups is 1. The number of hydrogen-bond donors (Lipinski definition) is 1. The number of aliphatic hydroxyl groups excluding tert-OH is 1. The zero-order chi connectivity index (χ0) is 10.1. The third-order valence-electron chi connectivity index (χ3n) is 2.49. The third kappa shape index (κ3) is 1.30. The van der Waals surface area contributed by atoms with Crippen molar-refractivity contribution in [2.75, 3.05) is 0 Å². The van der Waals surface area contributed by atoms with Gasteiger partial charge < -0.3 is 9.51 Å². The van der Waals surface area contributed by atoms with Crippen LogP contribution >= 0.6 is 0 Å². The average Bonchev–Trinajstić information content (AvgIpc) is 2.62. The minimum atomic E-state index is -0.424. The summed E-state index contributed by atoms with van der Waals surface area (Å²) in [6.45, 7) is 3.98. The van der Waals surface area contributed by atoms with Crippen LogP contribution in [0, 0.1) is 6.92 Å². The van der Waals surface area contributed by atoms with Crippen LogP contribution in [-0.2, 0) is 0 Å². The molecule has 0 aliphatic heterocycles. The summed E-state index contributed by atoms with van der Waals surface area (Å²) in [5.74, 6) is 0. The van der Waals surface area contributed by atoms with Gasteiger partial charge in [0.25, 0.3) is 0 Å². The van der Waals surface area contributed by atoms with Gasteiger partial charge in [-0.3, -0.25) is 0 Å². The quantitative estimate of drug-likeness (QED) is 0.787. The normalized spacial score (nSPS) is 13.4. The molecule has 2 rings (SSSR count). The minimum Gasteiger partial charge on any atom is -0.387 e. The van der Waals surface area contributed by atoms with Crippen LogP contribution in [0.3, 0.4) is 0 Å². The zero-order valence-electron chi connectivity index (χ0n) is 8.44. The smallest absolute Gasteiger partial charge is 0.139 e. The van der Waals surface area contributed by atoms with Gasteiger partial charge in [-0.25, -0.2) is 4.98 Å². The highest BCUT2D eigenvalue weighted by atomic mass is 16.3. The van der Waals surface area contributed by atoms with Gasteiger partial charge in [-0.05, 0) is 25.0 Å². The lowest BCUT2D eigenvalue weighted by Crippen LogP contribution is -2.00. The molecule has 1 atom stereocenters. The molecule has 1 N–H and O–H groups in total. The zero-order valence-corrected chi connectivity index (χ0v) is 8.44. The Morgan fingerprint density at radius 3 is 3.07 bits per heavy atom. The number of rotatable bonds is 2. The molecule has 2 aromatic heterocycles. The highest BCUT2D eigenvalue weighted by molar-refractivity contribution is 5.48. The summed E-state index contributed by atoms with van der Waals surface area (Å²) in [6.07, 6.45) is 3.97. The first-order valence-electron chi connectivity index (χ1n) is 4.84. The largest absolute Gasteiger partial charge is 0.387 e. The molecule has 74 valence electrons. The first-order chi connectivity index (χ1) is 6.74. The van der Waals surface area contributed by atoms with Gasteiger partial charge in [-0.15, -0.1) is 0 Å². The number of nitrogens with zero attached hydrogens (tertiary/aromatic N) is 2. The molecule has 0 saturated heterocycles. The molecule has 14 heavy (non-hydrogen) atoms. The second kappa shape index (κ2) is 3.42. The topological polar surface area (TPSA) is 37.5 Å². The van der Waals surface area contributed by atoms with Crippen LogP contribution in [0.2, 0.25) is 0 Å². The molecule has 0 unspecified atom stereocenters. The van der Waals surface area contributed by atoms with E-state index in [0.29, 0.717) is 6.42 Å². The molecular weight excluding hydrogens is 176 g/mol. The summed E-state index contributed by atoms with van der Waals surface area (Å²) < 4.78 is 1.95. The molecule has 0 radical (unpaired) electrons. The van der Waals surface area contributed by atoms with E-state index in [9.17, 15) is 5.11 Å². The number of fused-ring (bicyclic) bond motifs is 1. The van der Waals surface area contributed by atoms with Crippen molar-refractivity contribution in [2.24, 2.45) is 0 Å². The molecule has 0 aromatic carbocycles. The SMILES string of the molecule is CC[C@H](O)c1cnc2c(C)cccn12. The molecule has 2 aromatic rings. The molecule has 0 fully saturated rings. The Labute approximate surface area is 83.0 Å². The predicted octanol–water partition coefficient (Wildman–Crippen LogP) is 2.09. The average molecular weight is 190 g/mol. The number of imidazole rings is 1. The summed E-state index contributed by atoms with van der Waals surface area (Å²) in [4.78, 5) is 4.29. The molecule has 3 heteroatoms. The first-order valence-corrected chi connectivity index (χ1v) is 4.84. The molecular formula is C11H14N2O. The van der Waals surface area contributed by atoms with Crippen molar-refractivity contribution in [3.8, 4) is 0 Å². The summed E-state index contributed by atoms with van der Waals surface area (Å²) in [6, 6.07) is 3.99. The third-order valence-corrected chi connectivity index (χ3v) is 2.49. The number of aryl methyl sites for hydroxylation is 1. The molecule has 0 saturated carbocycles. The van der Waals surface area contributed by atoms with E-state index in [2.05, 4.69) is 4.98 Å². The fourth-order valence-corrected chi connectivity index (χ4v) is 1.63. The van der Waals surface area contributed by atoms with Crippen LogP contribution in [0.5, 0.6) is 0 Å². The Kier molecular flexibility index (Phi) is 2.25. The summed E-state index contributed by atoms with van der Waals surface area (Å²) >= 11 is 0. The highest BCUT2D eigenvalue weighted by Gasteiger charge is 2.11. The Bertz CT molecular complexity index is 447. The lowest BCUT2D eigenvalue weighted by atomic mass is 10.2. The van der Waals surface area contributed by atoms with Gasteiger partial charge in [0.05, 0.1) is 18.0 Å². The number of pyridine rings is 1. The number of aromatic nitrogens is 2. The maximum absolute atomic E-state index is 9.75. The lowest BCUT2D eigenvalue weighted by Gasteiger charge is -2.07. The van der Waals surface area contributed by atoms with E-state index in [1.807, 2.05) is 36.6 Å². The van der Waals surface area contributed by atoms with Crippen LogP contribution in [0.25, 0.3) is 5.65 Å². The van der Waals surface area contributed by atoms with Gasteiger partial charge in [0, 0.05) is 6.20 Å². The monoisotopic (exact) mass is 190 g/mol.